The predicted octanol–water partition coefficient (Wildman–Crippen LogP) is 6.80. The average molecular weight is 578 g/mol. The zero-order chi connectivity index (χ0) is 28.8. The predicted molar refractivity (Wildman–Crippen MR) is 158 cm³/mol. The van der Waals surface area contributed by atoms with Gasteiger partial charge in [-0.05, 0) is 72.5 Å². The number of hydrogen-bond donors (Lipinski definition) is 2. The minimum atomic E-state index is -0.585. The van der Waals surface area contributed by atoms with Gasteiger partial charge in [0.15, 0.2) is 0 Å². The Balaban J connectivity index is 1.40. The Morgan fingerprint density at radius 1 is 1.07 bits per heavy atom. The van der Waals surface area contributed by atoms with Crippen molar-refractivity contribution in [3.8, 4) is 6.07 Å². The van der Waals surface area contributed by atoms with E-state index in [1.807, 2.05) is 6.92 Å². The molecule has 1 saturated heterocycles. The van der Waals surface area contributed by atoms with Crippen LogP contribution in [-0.2, 0) is 9.59 Å². The Hall–Kier alpha value is -3.86. The maximum absolute atomic E-state index is 13.0. The molecule has 1 aliphatic rings. The molecular formula is C31H30Cl2N4O3. The second-order valence-electron chi connectivity index (χ2n) is 9.92. The van der Waals surface area contributed by atoms with E-state index in [2.05, 4.69) is 23.6 Å². The second-order valence-corrected chi connectivity index (χ2v) is 10.8. The number of nitrogens with one attached hydrogen (secondary N) is 2. The van der Waals surface area contributed by atoms with Crippen molar-refractivity contribution in [3.63, 3.8) is 0 Å². The largest absolute Gasteiger partial charge is 0.342 e. The second kappa shape index (κ2) is 13.0. The van der Waals surface area contributed by atoms with Crippen molar-refractivity contribution < 1.29 is 14.4 Å². The van der Waals surface area contributed by atoms with Crippen molar-refractivity contribution in [1.29, 1.82) is 5.26 Å². The van der Waals surface area contributed by atoms with Crippen molar-refractivity contribution in [2.45, 2.75) is 39.0 Å². The number of nitriles is 1. The molecule has 0 bridgehead atoms. The number of rotatable bonds is 9. The van der Waals surface area contributed by atoms with E-state index in [0.717, 1.165) is 24.0 Å². The molecule has 1 heterocycles. The summed E-state index contributed by atoms with van der Waals surface area (Å²) in [4.78, 5) is 39.6. The number of amides is 3. The molecule has 0 aliphatic carbocycles. The van der Waals surface area contributed by atoms with Crippen LogP contribution in [0.3, 0.4) is 0 Å². The molecule has 0 saturated carbocycles. The van der Waals surface area contributed by atoms with Crippen LogP contribution in [-0.4, -0.2) is 35.7 Å². The summed E-state index contributed by atoms with van der Waals surface area (Å²) in [6.07, 6.45) is 2.12. The van der Waals surface area contributed by atoms with E-state index in [0.29, 0.717) is 45.6 Å². The molecule has 206 valence electrons. The lowest BCUT2D eigenvalue weighted by Gasteiger charge is -2.16. The van der Waals surface area contributed by atoms with Gasteiger partial charge in [0.2, 0.25) is 11.8 Å². The van der Waals surface area contributed by atoms with E-state index in [-0.39, 0.29) is 30.1 Å². The van der Waals surface area contributed by atoms with Crippen LogP contribution in [0.2, 0.25) is 10.0 Å². The molecule has 7 nitrogen and oxygen atoms in total. The lowest BCUT2D eigenvalue weighted by atomic mass is 9.91. The molecule has 0 radical (unpaired) electrons. The molecule has 3 aromatic rings. The van der Waals surface area contributed by atoms with Crippen LogP contribution >= 0.6 is 23.2 Å². The van der Waals surface area contributed by atoms with Crippen molar-refractivity contribution in [2.24, 2.45) is 5.92 Å². The highest BCUT2D eigenvalue weighted by Crippen LogP contribution is 2.34. The zero-order valence-electron chi connectivity index (χ0n) is 22.3. The van der Waals surface area contributed by atoms with Crippen molar-refractivity contribution in [3.05, 3.63) is 93.0 Å². The highest BCUT2D eigenvalue weighted by Gasteiger charge is 2.33. The monoisotopic (exact) mass is 576 g/mol. The third-order valence-electron chi connectivity index (χ3n) is 7.02. The fourth-order valence-electron chi connectivity index (χ4n) is 4.70. The lowest BCUT2D eigenvalue weighted by molar-refractivity contribution is -0.128. The van der Waals surface area contributed by atoms with Gasteiger partial charge in [-0.2, -0.15) is 5.26 Å². The summed E-state index contributed by atoms with van der Waals surface area (Å²) in [7, 11) is 0. The fraction of sp³-hybridized carbons (Fsp3) is 0.290. The van der Waals surface area contributed by atoms with E-state index in [1.54, 1.807) is 65.6 Å². The van der Waals surface area contributed by atoms with E-state index in [9.17, 15) is 19.6 Å². The van der Waals surface area contributed by atoms with Gasteiger partial charge >= 0.3 is 0 Å². The van der Waals surface area contributed by atoms with Gasteiger partial charge in [-0.15, -0.1) is 0 Å². The molecular weight excluding hydrogens is 547 g/mol. The molecule has 0 spiro atoms. The summed E-state index contributed by atoms with van der Waals surface area (Å²) in [5.41, 5.74) is 3.64. The number of carbonyl (C=O) groups is 3. The standard InChI is InChI=1S/C31H30Cl2N4O3/c1-3-4-13-37-18-22(15-29(37)38)31(40)35-24-11-7-21(8-12-24)30(39)36-28-16-27(33)25(14-19(28)2)26(17-34)20-5-9-23(32)10-6-20/h5-12,14,16,22,26H,3-4,13,15,18H2,1-2H3,(H,35,40)(H,36,39). The van der Waals surface area contributed by atoms with E-state index in [1.165, 1.54) is 0 Å². The minimum Gasteiger partial charge on any atom is -0.342 e. The molecule has 40 heavy (non-hydrogen) atoms. The molecule has 2 atom stereocenters. The third kappa shape index (κ3) is 6.82. The smallest absolute Gasteiger partial charge is 0.255 e. The van der Waals surface area contributed by atoms with E-state index < -0.39 is 5.92 Å². The summed E-state index contributed by atoms with van der Waals surface area (Å²) in [6, 6.07) is 19.3. The number of benzene rings is 3. The number of hydrogen-bond acceptors (Lipinski definition) is 4. The summed E-state index contributed by atoms with van der Waals surface area (Å²) in [5.74, 6) is -1.50. The first kappa shape index (κ1) is 29.1. The van der Waals surface area contributed by atoms with Gasteiger partial charge in [-0.3, -0.25) is 14.4 Å². The highest BCUT2D eigenvalue weighted by atomic mass is 35.5. The van der Waals surface area contributed by atoms with Crippen LogP contribution in [0.5, 0.6) is 0 Å². The van der Waals surface area contributed by atoms with Crippen LogP contribution in [0.4, 0.5) is 11.4 Å². The van der Waals surface area contributed by atoms with E-state index >= 15 is 0 Å². The first-order valence-corrected chi connectivity index (χ1v) is 13.9. The summed E-state index contributed by atoms with van der Waals surface area (Å²) < 4.78 is 0. The van der Waals surface area contributed by atoms with Crippen molar-refractivity contribution in [2.75, 3.05) is 23.7 Å². The number of unbranched alkanes of at least 4 members (excludes halogenated alkanes) is 1. The normalized spacial score (nSPS) is 15.4. The SMILES string of the molecule is CCCCN1CC(C(=O)Nc2ccc(C(=O)Nc3cc(Cl)c(C(C#N)c4ccc(Cl)cc4)cc3C)cc2)CC1=O. The summed E-state index contributed by atoms with van der Waals surface area (Å²) in [6.45, 7) is 5.01. The molecule has 2 N–H and O–H groups in total. The Morgan fingerprint density at radius 2 is 1.77 bits per heavy atom. The van der Waals surface area contributed by atoms with Crippen LogP contribution in [0, 0.1) is 24.2 Å². The van der Waals surface area contributed by atoms with Gasteiger partial charge in [0.1, 0.15) is 0 Å². The highest BCUT2D eigenvalue weighted by molar-refractivity contribution is 6.32. The number of likely N-dealkylation sites (tertiary alicyclic amines) is 1. The van der Waals surface area contributed by atoms with Crippen molar-refractivity contribution in [1.82, 2.24) is 4.90 Å². The van der Waals surface area contributed by atoms with Gasteiger partial charge in [-0.1, -0.05) is 54.7 Å². The molecule has 1 fully saturated rings. The Kier molecular flexibility index (Phi) is 9.46. The number of nitrogens with zero attached hydrogens (tertiary/aromatic N) is 2. The zero-order valence-corrected chi connectivity index (χ0v) is 23.9. The quantitative estimate of drug-likeness (QED) is 0.292. The Morgan fingerprint density at radius 3 is 2.42 bits per heavy atom. The van der Waals surface area contributed by atoms with Crippen LogP contribution < -0.4 is 10.6 Å². The molecule has 0 aromatic heterocycles. The summed E-state index contributed by atoms with van der Waals surface area (Å²) >= 11 is 12.5. The first-order chi connectivity index (χ1) is 19.2. The van der Waals surface area contributed by atoms with Gasteiger partial charge < -0.3 is 15.5 Å². The number of carbonyl (C=O) groups excluding carboxylic acids is 3. The topological polar surface area (TPSA) is 102 Å². The number of anilines is 2. The fourth-order valence-corrected chi connectivity index (χ4v) is 5.09. The van der Waals surface area contributed by atoms with E-state index in [4.69, 9.17) is 23.2 Å². The van der Waals surface area contributed by atoms with Crippen LogP contribution in [0.1, 0.15) is 59.2 Å². The summed E-state index contributed by atoms with van der Waals surface area (Å²) in [5, 5.41) is 16.5. The number of halogens is 2. The molecule has 3 amide bonds. The Bertz CT molecular complexity index is 1450. The minimum absolute atomic E-state index is 0.0113. The molecule has 2 unspecified atom stereocenters. The molecule has 3 aromatic carbocycles. The third-order valence-corrected chi connectivity index (χ3v) is 7.60. The van der Waals surface area contributed by atoms with Gasteiger partial charge in [-0.25, -0.2) is 0 Å². The van der Waals surface area contributed by atoms with Gasteiger partial charge in [0, 0.05) is 46.5 Å². The maximum atomic E-state index is 13.0. The lowest BCUT2D eigenvalue weighted by Crippen LogP contribution is -2.29. The molecule has 1 aliphatic heterocycles. The van der Waals surface area contributed by atoms with Gasteiger partial charge in [0.25, 0.3) is 5.91 Å². The van der Waals surface area contributed by atoms with Crippen LogP contribution in [0.15, 0.2) is 60.7 Å². The molecule has 4 rings (SSSR count). The molecule has 9 heteroatoms. The van der Waals surface area contributed by atoms with Crippen molar-refractivity contribution >= 4 is 52.3 Å². The maximum Gasteiger partial charge on any atom is 0.255 e. The average Bonchev–Trinajstić information content (AvgIpc) is 3.32. The van der Waals surface area contributed by atoms with Crippen LogP contribution in [0.25, 0.3) is 0 Å². The number of aryl methyl sites for hydroxylation is 1. The Labute approximate surface area is 244 Å². The first-order valence-electron chi connectivity index (χ1n) is 13.1. The van der Waals surface area contributed by atoms with Gasteiger partial charge in [0.05, 0.1) is 17.9 Å².